The van der Waals surface area contributed by atoms with Crippen molar-refractivity contribution in [2.75, 3.05) is 7.11 Å². The number of aromatic nitrogens is 1. The maximum absolute atomic E-state index is 9.73. The third-order valence-corrected chi connectivity index (χ3v) is 3.93. The lowest BCUT2D eigenvalue weighted by atomic mass is 10.0. The second-order valence-corrected chi connectivity index (χ2v) is 4.76. The minimum atomic E-state index is -0.354. The second-order valence-electron chi connectivity index (χ2n) is 3.65. The monoisotopic (exact) mass is 213 g/mol. The topological polar surface area (TPSA) is 42.4 Å². The summed E-state index contributed by atoms with van der Waals surface area (Å²) in [6, 6.07) is 0. The number of methoxy groups -OCH3 is 1. The van der Waals surface area contributed by atoms with Crippen molar-refractivity contribution < 1.29 is 9.84 Å². The SMILES string of the molecule is COC(C)c1nc2c(s1)CCCC2O. The largest absolute Gasteiger partial charge is 0.387 e. The van der Waals surface area contributed by atoms with Crippen LogP contribution in [0.15, 0.2) is 0 Å². The molecule has 0 bridgehead atoms. The quantitative estimate of drug-likeness (QED) is 0.819. The summed E-state index contributed by atoms with van der Waals surface area (Å²) in [5.74, 6) is 0. The zero-order valence-electron chi connectivity index (χ0n) is 8.49. The van der Waals surface area contributed by atoms with Gasteiger partial charge >= 0.3 is 0 Å². The predicted octanol–water partition coefficient (Wildman–Crippen LogP) is 2.22. The van der Waals surface area contributed by atoms with Gasteiger partial charge in [0.2, 0.25) is 0 Å². The van der Waals surface area contributed by atoms with Gasteiger partial charge < -0.3 is 9.84 Å². The molecule has 0 radical (unpaired) electrons. The Bertz CT molecular complexity index is 324. The van der Waals surface area contributed by atoms with Crippen LogP contribution < -0.4 is 0 Å². The number of aliphatic hydroxyl groups is 1. The summed E-state index contributed by atoms with van der Waals surface area (Å²) < 4.78 is 5.22. The molecule has 1 aliphatic rings. The molecule has 1 aromatic rings. The van der Waals surface area contributed by atoms with Gasteiger partial charge in [-0.25, -0.2) is 4.98 Å². The molecule has 2 rings (SSSR count). The van der Waals surface area contributed by atoms with E-state index in [-0.39, 0.29) is 12.2 Å². The summed E-state index contributed by atoms with van der Waals surface area (Å²) in [6.07, 6.45) is 2.65. The summed E-state index contributed by atoms with van der Waals surface area (Å²) in [5.41, 5.74) is 0.889. The van der Waals surface area contributed by atoms with Crippen molar-refractivity contribution in [2.24, 2.45) is 0 Å². The maximum Gasteiger partial charge on any atom is 0.122 e. The van der Waals surface area contributed by atoms with Crippen molar-refractivity contribution >= 4 is 11.3 Å². The standard InChI is InChI=1S/C10H15NO2S/c1-6(13-2)10-11-9-7(12)4-3-5-8(9)14-10/h6-7,12H,3-5H2,1-2H3. The minimum Gasteiger partial charge on any atom is -0.387 e. The van der Waals surface area contributed by atoms with Crippen LogP contribution in [0.2, 0.25) is 0 Å². The van der Waals surface area contributed by atoms with E-state index in [1.807, 2.05) is 6.92 Å². The number of rotatable bonds is 2. The van der Waals surface area contributed by atoms with Gasteiger partial charge in [-0.15, -0.1) is 11.3 Å². The molecule has 78 valence electrons. The van der Waals surface area contributed by atoms with E-state index in [2.05, 4.69) is 4.98 Å². The van der Waals surface area contributed by atoms with Crippen molar-refractivity contribution in [3.63, 3.8) is 0 Å². The van der Waals surface area contributed by atoms with E-state index in [0.717, 1.165) is 30.0 Å². The lowest BCUT2D eigenvalue weighted by molar-refractivity contribution is 0.117. The first-order valence-electron chi connectivity index (χ1n) is 4.92. The molecule has 0 aromatic carbocycles. The first-order chi connectivity index (χ1) is 6.72. The number of fused-ring (bicyclic) bond motifs is 1. The van der Waals surface area contributed by atoms with Crippen LogP contribution in [0.4, 0.5) is 0 Å². The highest BCUT2D eigenvalue weighted by atomic mass is 32.1. The van der Waals surface area contributed by atoms with E-state index in [9.17, 15) is 5.11 Å². The number of hydrogen-bond acceptors (Lipinski definition) is 4. The van der Waals surface area contributed by atoms with Crippen molar-refractivity contribution in [3.05, 3.63) is 15.6 Å². The van der Waals surface area contributed by atoms with Gasteiger partial charge in [0.15, 0.2) is 0 Å². The first kappa shape index (κ1) is 10.1. The lowest BCUT2D eigenvalue weighted by Crippen LogP contribution is -2.07. The number of nitrogens with zero attached hydrogens (tertiary/aromatic N) is 1. The maximum atomic E-state index is 9.73. The Balaban J connectivity index is 2.30. The zero-order valence-corrected chi connectivity index (χ0v) is 9.30. The lowest BCUT2D eigenvalue weighted by Gasteiger charge is -2.14. The molecule has 1 aromatic heterocycles. The summed E-state index contributed by atoms with van der Waals surface area (Å²) in [6.45, 7) is 1.98. The van der Waals surface area contributed by atoms with Crippen molar-refractivity contribution in [1.29, 1.82) is 0 Å². The molecule has 3 nitrogen and oxygen atoms in total. The Morgan fingerprint density at radius 1 is 1.64 bits per heavy atom. The molecular formula is C10H15NO2S. The highest BCUT2D eigenvalue weighted by Crippen LogP contribution is 2.35. The normalized spacial score (nSPS) is 23.2. The van der Waals surface area contributed by atoms with E-state index in [0.29, 0.717) is 0 Å². The average Bonchev–Trinajstić information content (AvgIpc) is 2.62. The molecule has 2 atom stereocenters. The Morgan fingerprint density at radius 2 is 2.43 bits per heavy atom. The highest BCUT2D eigenvalue weighted by Gasteiger charge is 2.24. The van der Waals surface area contributed by atoms with Crippen LogP contribution >= 0.6 is 11.3 Å². The van der Waals surface area contributed by atoms with Gasteiger partial charge in [-0.2, -0.15) is 0 Å². The Morgan fingerprint density at radius 3 is 3.07 bits per heavy atom. The fourth-order valence-corrected chi connectivity index (χ4v) is 2.88. The fraction of sp³-hybridized carbons (Fsp3) is 0.700. The van der Waals surface area contributed by atoms with E-state index in [1.165, 1.54) is 4.88 Å². The Hall–Kier alpha value is -0.450. The van der Waals surface area contributed by atoms with Crippen LogP contribution in [0.1, 0.15) is 47.6 Å². The van der Waals surface area contributed by atoms with Crippen molar-refractivity contribution in [3.8, 4) is 0 Å². The molecular weight excluding hydrogens is 198 g/mol. The zero-order chi connectivity index (χ0) is 10.1. The molecule has 0 amide bonds. The Kier molecular flexibility index (Phi) is 2.85. The Labute approximate surface area is 87.7 Å². The van der Waals surface area contributed by atoms with Gasteiger partial charge in [0.1, 0.15) is 11.1 Å². The molecule has 0 saturated heterocycles. The van der Waals surface area contributed by atoms with Crippen LogP contribution in [0, 0.1) is 0 Å². The van der Waals surface area contributed by atoms with Crippen molar-refractivity contribution in [1.82, 2.24) is 4.98 Å². The third-order valence-electron chi connectivity index (χ3n) is 2.64. The van der Waals surface area contributed by atoms with Gasteiger partial charge in [0.05, 0.1) is 11.8 Å². The summed E-state index contributed by atoms with van der Waals surface area (Å²) >= 11 is 1.68. The highest BCUT2D eigenvalue weighted by molar-refractivity contribution is 7.11. The van der Waals surface area contributed by atoms with Gasteiger partial charge in [-0.1, -0.05) is 0 Å². The molecule has 14 heavy (non-hydrogen) atoms. The molecule has 1 N–H and O–H groups in total. The molecule has 2 unspecified atom stereocenters. The average molecular weight is 213 g/mol. The molecule has 4 heteroatoms. The van der Waals surface area contributed by atoms with Crippen LogP contribution in [0.3, 0.4) is 0 Å². The second kappa shape index (κ2) is 3.96. The van der Waals surface area contributed by atoms with E-state index < -0.39 is 0 Å². The van der Waals surface area contributed by atoms with Gasteiger partial charge in [0, 0.05) is 12.0 Å². The van der Waals surface area contributed by atoms with Gasteiger partial charge in [0.25, 0.3) is 0 Å². The van der Waals surface area contributed by atoms with Gasteiger partial charge in [-0.05, 0) is 26.2 Å². The van der Waals surface area contributed by atoms with E-state index in [4.69, 9.17) is 4.74 Å². The predicted molar refractivity (Wildman–Crippen MR) is 55.4 cm³/mol. The molecule has 1 heterocycles. The minimum absolute atomic E-state index is 0.0396. The molecule has 1 aliphatic carbocycles. The van der Waals surface area contributed by atoms with E-state index >= 15 is 0 Å². The van der Waals surface area contributed by atoms with Crippen molar-refractivity contribution in [2.45, 2.75) is 38.4 Å². The molecule has 0 fully saturated rings. The van der Waals surface area contributed by atoms with E-state index in [1.54, 1.807) is 18.4 Å². The summed E-state index contributed by atoms with van der Waals surface area (Å²) in [5, 5.41) is 10.7. The van der Waals surface area contributed by atoms with Crippen LogP contribution in [0.25, 0.3) is 0 Å². The smallest absolute Gasteiger partial charge is 0.122 e. The molecule has 0 spiro atoms. The number of aliphatic hydroxyl groups excluding tert-OH is 1. The number of thiazole rings is 1. The fourth-order valence-electron chi connectivity index (χ4n) is 1.69. The summed E-state index contributed by atoms with van der Waals surface area (Å²) in [4.78, 5) is 5.68. The van der Waals surface area contributed by atoms with Crippen LogP contribution in [-0.4, -0.2) is 17.2 Å². The first-order valence-corrected chi connectivity index (χ1v) is 5.74. The number of hydrogen-bond donors (Lipinski definition) is 1. The van der Waals surface area contributed by atoms with Crippen LogP contribution in [0.5, 0.6) is 0 Å². The number of ether oxygens (including phenoxy) is 1. The third kappa shape index (κ3) is 1.69. The van der Waals surface area contributed by atoms with Gasteiger partial charge in [-0.3, -0.25) is 0 Å². The van der Waals surface area contributed by atoms with Crippen LogP contribution in [-0.2, 0) is 11.2 Å². The number of aryl methyl sites for hydroxylation is 1. The molecule has 0 aliphatic heterocycles. The molecule has 0 saturated carbocycles. The summed E-state index contributed by atoms with van der Waals surface area (Å²) in [7, 11) is 1.68.